The lowest BCUT2D eigenvalue weighted by atomic mass is 10.4. The summed E-state index contributed by atoms with van der Waals surface area (Å²) in [5.74, 6) is -0.952. The van der Waals surface area contributed by atoms with Crippen molar-refractivity contribution in [2.75, 3.05) is 0 Å². The molecule has 0 radical (unpaired) electrons. The van der Waals surface area contributed by atoms with Crippen molar-refractivity contribution in [1.82, 2.24) is 9.78 Å². The molecule has 1 aromatic rings. The van der Waals surface area contributed by atoms with E-state index in [1.807, 2.05) is 0 Å². The van der Waals surface area contributed by atoms with Crippen LogP contribution < -0.4 is 0 Å². The van der Waals surface area contributed by atoms with Gasteiger partial charge >= 0.3 is 5.97 Å². The van der Waals surface area contributed by atoms with E-state index in [9.17, 15) is 4.79 Å². The van der Waals surface area contributed by atoms with Gasteiger partial charge in [-0.1, -0.05) is 15.9 Å². The van der Waals surface area contributed by atoms with Crippen molar-refractivity contribution in [3.8, 4) is 0 Å². The standard InChI is InChI=1S/C6H7BrN2O2/c1-9-5(6(10)11)2-4(3-7)8-9/h2H,3H2,1H3,(H,10,11). The molecule has 0 spiro atoms. The van der Waals surface area contributed by atoms with E-state index in [-0.39, 0.29) is 5.69 Å². The number of rotatable bonds is 2. The van der Waals surface area contributed by atoms with E-state index < -0.39 is 5.97 Å². The van der Waals surface area contributed by atoms with Gasteiger partial charge in [0.15, 0.2) is 0 Å². The van der Waals surface area contributed by atoms with Crippen LogP contribution in [0.25, 0.3) is 0 Å². The van der Waals surface area contributed by atoms with E-state index in [1.54, 1.807) is 7.05 Å². The van der Waals surface area contributed by atoms with Gasteiger partial charge in [0.1, 0.15) is 5.69 Å². The minimum absolute atomic E-state index is 0.208. The largest absolute Gasteiger partial charge is 0.477 e. The van der Waals surface area contributed by atoms with Crippen molar-refractivity contribution in [2.24, 2.45) is 7.05 Å². The van der Waals surface area contributed by atoms with Crippen LogP contribution in [-0.2, 0) is 12.4 Å². The van der Waals surface area contributed by atoms with Gasteiger partial charge < -0.3 is 5.11 Å². The summed E-state index contributed by atoms with van der Waals surface area (Å²) in [6, 6.07) is 1.54. The Bertz CT molecular complexity index is 282. The molecule has 0 atom stereocenters. The van der Waals surface area contributed by atoms with Crippen LogP contribution in [0.3, 0.4) is 0 Å². The van der Waals surface area contributed by atoms with Crippen molar-refractivity contribution in [3.05, 3.63) is 17.5 Å². The molecule has 1 rings (SSSR count). The third-order valence-electron chi connectivity index (χ3n) is 1.29. The normalized spacial score (nSPS) is 10.0. The minimum atomic E-state index is -0.952. The lowest BCUT2D eigenvalue weighted by Gasteiger charge is -1.91. The molecule has 11 heavy (non-hydrogen) atoms. The van der Waals surface area contributed by atoms with Gasteiger partial charge in [0.25, 0.3) is 0 Å². The first-order valence-corrected chi connectivity index (χ1v) is 4.09. The van der Waals surface area contributed by atoms with Crippen LogP contribution in [0.5, 0.6) is 0 Å². The van der Waals surface area contributed by atoms with Gasteiger partial charge in [-0.15, -0.1) is 0 Å². The fraction of sp³-hybridized carbons (Fsp3) is 0.333. The number of aromatic carboxylic acids is 1. The molecule has 1 heterocycles. The Labute approximate surface area is 72.0 Å². The van der Waals surface area contributed by atoms with Crippen LogP contribution in [0, 0.1) is 0 Å². The topological polar surface area (TPSA) is 55.1 Å². The molecular weight excluding hydrogens is 212 g/mol. The number of halogens is 1. The summed E-state index contributed by atoms with van der Waals surface area (Å²) in [4.78, 5) is 10.5. The molecule has 0 aromatic carbocycles. The van der Waals surface area contributed by atoms with Gasteiger partial charge in [-0.3, -0.25) is 4.68 Å². The van der Waals surface area contributed by atoms with Crippen molar-refractivity contribution in [2.45, 2.75) is 5.33 Å². The lowest BCUT2D eigenvalue weighted by Crippen LogP contribution is -2.04. The number of carboxylic acids is 1. The minimum Gasteiger partial charge on any atom is -0.477 e. The highest BCUT2D eigenvalue weighted by molar-refractivity contribution is 9.08. The highest BCUT2D eigenvalue weighted by Gasteiger charge is 2.09. The molecule has 0 aliphatic heterocycles. The van der Waals surface area contributed by atoms with E-state index in [0.717, 1.165) is 5.69 Å². The summed E-state index contributed by atoms with van der Waals surface area (Å²) < 4.78 is 1.35. The number of carbonyl (C=O) groups is 1. The molecule has 4 nitrogen and oxygen atoms in total. The quantitative estimate of drug-likeness (QED) is 0.755. The Morgan fingerprint density at radius 3 is 2.82 bits per heavy atom. The zero-order valence-electron chi connectivity index (χ0n) is 5.91. The molecule has 0 amide bonds. The number of hydrogen-bond acceptors (Lipinski definition) is 2. The third kappa shape index (κ3) is 1.59. The van der Waals surface area contributed by atoms with E-state index in [1.165, 1.54) is 10.7 Å². The molecule has 0 saturated carbocycles. The molecule has 0 fully saturated rings. The van der Waals surface area contributed by atoms with Crippen LogP contribution in [0.15, 0.2) is 6.07 Å². The zero-order chi connectivity index (χ0) is 8.43. The van der Waals surface area contributed by atoms with Gasteiger partial charge in [-0.2, -0.15) is 5.10 Å². The maximum Gasteiger partial charge on any atom is 0.354 e. The van der Waals surface area contributed by atoms with Gasteiger partial charge in [0.2, 0.25) is 0 Å². The van der Waals surface area contributed by atoms with Crippen LogP contribution >= 0.6 is 15.9 Å². The molecule has 60 valence electrons. The lowest BCUT2D eigenvalue weighted by molar-refractivity contribution is 0.0685. The molecule has 0 aliphatic carbocycles. The fourth-order valence-corrected chi connectivity index (χ4v) is 1.07. The van der Waals surface area contributed by atoms with Crippen molar-refractivity contribution in [1.29, 1.82) is 0 Å². The number of nitrogens with zero attached hydrogens (tertiary/aromatic N) is 2. The van der Waals surface area contributed by atoms with Crippen LogP contribution in [-0.4, -0.2) is 20.9 Å². The number of alkyl halides is 1. The van der Waals surface area contributed by atoms with Gasteiger partial charge in [0.05, 0.1) is 5.69 Å². The Morgan fingerprint density at radius 2 is 2.55 bits per heavy atom. The monoisotopic (exact) mass is 218 g/mol. The van der Waals surface area contributed by atoms with Crippen molar-refractivity contribution in [3.63, 3.8) is 0 Å². The number of hydrogen-bond donors (Lipinski definition) is 1. The highest BCUT2D eigenvalue weighted by Crippen LogP contribution is 2.06. The first kappa shape index (κ1) is 8.26. The van der Waals surface area contributed by atoms with E-state index in [0.29, 0.717) is 5.33 Å². The second-order valence-corrected chi connectivity index (χ2v) is 2.64. The Morgan fingerprint density at radius 1 is 1.91 bits per heavy atom. The molecule has 0 unspecified atom stereocenters. The van der Waals surface area contributed by atoms with Gasteiger partial charge in [-0.05, 0) is 6.07 Å². The molecule has 5 heteroatoms. The predicted molar refractivity (Wildman–Crippen MR) is 42.8 cm³/mol. The Hall–Kier alpha value is -0.840. The molecular formula is C6H7BrN2O2. The predicted octanol–water partition coefficient (Wildman–Crippen LogP) is 1.01. The summed E-state index contributed by atoms with van der Waals surface area (Å²) in [5.41, 5.74) is 0.935. The smallest absolute Gasteiger partial charge is 0.354 e. The van der Waals surface area contributed by atoms with Crippen LogP contribution in [0.2, 0.25) is 0 Å². The van der Waals surface area contributed by atoms with E-state index >= 15 is 0 Å². The number of aromatic nitrogens is 2. The van der Waals surface area contributed by atoms with Gasteiger partial charge in [0, 0.05) is 12.4 Å². The molecule has 1 aromatic heterocycles. The SMILES string of the molecule is Cn1nc(CBr)cc1C(=O)O. The summed E-state index contributed by atoms with van der Waals surface area (Å²) in [7, 11) is 1.61. The first-order chi connectivity index (χ1) is 5.15. The average molecular weight is 219 g/mol. The summed E-state index contributed by atoms with van der Waals surface area (Å²) >= 11 is 3.19. The summed E-state index contributed by atoms with van der Waals surface area (Å²) in [6.07, 6.45) is 0. The maximum absolute atomic E-state index is 10.5. The number of carboxylic acid groups (broad SMARTS) is 1. The van der Waals surface area contributed by atoms with Crippen molar-refractivity contribution < 1.29 is 9.90 Å². The molecule has 0 saturated heterocycles. The maximum atomic E-state index is 10.5. The van der Waals surface area contributed by atoms with Gasteiger partial charge in [-0.25, -0.2) is 4.79 Å². The van der Waals surface area contributed by atoms with Crippen LogP contribution in [0.1, 0.15) is 16.2 Å². The summed E-state index contributed by atoms with van der Waals surface area (Å²) in [6.45, 7) is 0. The fourth-order valence-electron chi connectivity index (χ4n) is 0.792. The second kappa shape index (κ2) is 3.04. The van der Waals surface area contributed by atoms with E-state index in [2.05, 4.69) is 21.0 Å². The van der Waals surface area contributed by atoms with Crippen LogP contribution in [0.4, 0.5) is 0 Å². The highest BCUT2D eigenvalue weighted by atomic mass is 79.9. The Kier molecular flexibility index (Phi) is 2.28. The second-order valence-electron chi connectivity index (χ2n) is 2.08. The first-order valence-electron chi connectivity index (χ1n) is 2.97. The molecule has 0 bridgehead atoms. The number of aryl methyl sites for hydroxylation is 1. The van der Waals surface area contributed by atoms with Crippen molar-refractivity contribution >= 4 is 21.9 Å². The Balaban J connectivity index is 3.07. The molecule has 1 N–H and O–H groups in total. The van der Waals surface area contributed by atoms with E-state index in [4.69, 9.17) is 5.11 Å². The zero-order valence-corrected chi connectivity index (χ0v) is 7.50. The third-order valence-corrected chi connectivity index (χ3v) is 1.86. The average Bonchev–Trinajstić information content (AvgIpc) is 2.30. The molecule has 0 aliphatic rings. The summed E-state index contributed by atoms with van der Waals surface area (Å²) in [5, 5.41) is 13.1.